The summed E-state index contributed by atoms with van der Waals surface area (Å²) in [6.45, 7) is 0.0131. The van der Waals surface area contributed by atoms with Crippen molar-refractivity contribution in [2.75, 3.05) is 26.9 Å². The molecule has 0 aliphatic heterocycles. The summed E-state index contributed by atoms with van der Waals surface area (Å²) in [6.07, 6.45) is -1.75. The lowest BCUT2D eigenvalue weighted by Gasteiger charge is -2.20. The Morgan fingerprint density at radius 3 is 2.21 bits per heavy atom. The number of aliphatic hydroxyl groups is 1. The average molecular weight is 456 g/mol. The summed E-state index contributed by atoms with van der Waals surface area (Å²) >= 11 is 0. The molecule has 1 aliphatic rings. The Morgan fingerprint density at radius 2 is 1.64 bits per heavy atom. The van der Waals surface area contributed by atoms with Crippen molar-refractivity contribution in [2.45, 2.75) is 30.9 Å². The first-order valence-electron chi connectivity index (χ1n) is 10.7. The van der Waals surface area contributed by atoms with Crippen LogP contribution >= 0.6 is 0 Å². The van der Waals surface area contributed by atoms with Gasteiger partial charge in [-0.25, -0.2) is 9.59 Å². The van der Waals surface area contributed by atoms with Crippen LogP contribution in [-0.4, -0.2) is 67.2 Å². The van der Waals surface area contributed by atoms with Gasteiger partial charge in [0.1, 0.15) is 12.6 Å². The second-order valence-electron chi connectivity index (χ2n) is 7.76. The number of aliphatic hydroxyl groups excluding tert-OH is 1. The van der Waals surface area contributed by atoms with Crippen molar-refractivity contribution in [1.29, 1.82) is 0 Å². The fourth-order valence-electron chi connectivity index (χ4n) is 3.89. The number of hydrogen-bond acceptors (Lipinski definition) is 6. The smallest absolute Gasteiger partial charge is 0.407 e. The monoisotopic (exact) mass is 456 g/mol. The van der Waals surface area contributed by atoms with Crippen LogP contribution in [-0.2, 0) is 19.1 Å². The first-order chi connectivity index (χ1) is 15.9. The Balaban J connectivity index is 1.62. The SMILES string of the molecule is COCCCC(NC(=O)OCC1c2ccccc2-c2ccccc21)C(=O)NC[C@H](O)C(=O)O. The molecule has 1 aliphatic carbocycles. The van der Waals surface area contributed by atoms with E-state index in [9.17, 15) is 19.5 Å². The Morgan fingerprint density at radius 1 is 1.03 bits per heavy atom. The van der Waals surface area contributed by atoms with Gasteiger partial charge >= 0.3 is 12.1 Å². The highest BCUT2D eigenvalue weighted by Crippen LogP contribution is 2.44. The van der Waals surface area contributed by atoms with Gasteiger partial charge in [-0.15, -0.1) is 0 Å². The molecule has 0 bridgehead atoms. The molecule has 0 spiro atoms. The molecule has 2 aromatic rings. The first kappa shape index (κ1) is 24.2. The van der Waals surface area contributed by atoms with Crippen LogP contribution in [0.25, 0.3) is 11.1 Å². The van der Waals surface area contributed by atoms with Gasteiger partial charge in [-0.05, 0) is 35.1 Å². The molecule has 0 fully saturated rings. The Labute approximate surface area is 191 Å². The summed E-state index contributed by atoms with van der Waals surface area (Å²) in [5.41, 5.74) is 4.36. The number of ether oxygens (including phenoxy) is 2. The Kier molecular flexibility index (Phi) is 8.39. The van der Waals surface area contributed by atoms with Crippen LogP contribution in [0.2, 0.25) is 0 Å². The summed E-state index contributed by atoms with van der Waals surface area (Å²) in [7, 11) is 1.53. The van der Waals surface area contributed by atoms with Crippen molar-refractivity contribution in [3.8, 4) is 11.1 Å². The lowest BCUT2D eigenvalue weighted by atomic mass is 9.98. The fraction of sp³-hybridized carbons (Fsp3) is 0.375. The van der Waals surface area contributed by atoms with E-state index in [1.165, 1.54) is 7.11 Å². The number of nitrogens with one attached hydrogen (secondary N) is 2. The summed E-state index contributed by atoms with van der Waals surface area (Å²) in [4.78, 5) is 35.7. The van der Waals surface area contributed by atoms with Crippen LogP contribution in [0, 0.1) is 0 Å². The van der Waals surface area contributed by atoms with Gasteiger partial charge in [0.05, 0.1) is 6.54 Å². The van der Waals surface area contributed by atoms with E-state index >= 15 is 0 Å². The number of fused-ring (bicyclic) bond motifs is 3. The van der Waals surface area contributed by atoms with Crippen molar-refractivity contribution < 1.29 is 34.1 Å². The van der Waals surface area contributed by atoms with Crippen molar-refractivity contribution in [3.63, 3.8) is 0 Å². The number of aliphatic carboxylic acids is 1. The van der Waals surface area contributed by atoms with Crippen LogP contribution < -0.4 is 10.6 Å². The molecular formula is C24H28N2O7. The van der Waals surface area contributed by atoms with Crippen LogP contribution in [0.15, 0.2) is 48.5 Å². The predicted molar refractivity (Wildman–Crippen MR) is 120 cm³/mol. The molecule has 9 nitrogen and oxygen atoms in total. The number of amides is 2. The maximum atomic E-state index is 12.5. The maximum Gasteiger partial charge on any atom is 0.407 e. The van der Waals surface area contributed by atoms with Gasteiger partial charge in [-0.3, -0.25) is 4.79 Å². The number of rotatable bonds is 11. The minimum absolute atomic E-state index is 0.101. The van der Waals surface area contributed by atoms with Crippen LogP contribution in [0.3, 0.4) is 0 Å². The molecule has 4 N–H and O–H groups in total. The molecule has 0 saturated heterocycles. The number of carboxylic acids is 1. The van der Waals surface area contributed by atoms with E-state index in [4.69, 9.17) is 14.6 Å². The zero-order chi connectivity index (χ0) is 23.8. The van der Waals surface area contributed by atoms with Gasteiger partial charge in [-0.2, -0.15) is 0 Å². The first-order valence-corrected chi connectivity index (χ1v) is 10.7. The quantitative estimate of drug-likeness (QED) is 0.379. The average Bonchev–Trinajstić information content (AvgIpc) is 3.14. The van der Waals surface area contributed by atoms with Crippen LogP contribution in [0.1, 0.15) is 29.9 Å². The number of carbonyl (C=O) groups excluding carboxylic acids is 2. The number of hydrogen-bond donors (Lipinski definition) is 4. The van der Waals surface area contributed by atoms with E-state index in [2.05, 4.69) is 10.6 Å². The standard InChI is InChI=1S/C24H28N2O7/c1-32-12-6-11-20(22(28)25-13-21(27)23(29)30)26-24(31)33-14-19-17-9-4-2-7-15(17)16-8-3-5-10-18(16)19/h2-5,7-10,19-21,27H,6,11-14H2,1H3,(H,25,28)(H,26,31)(H,29,30)/t20?,21-/m0/s1. The third kappa shape index (κ3) is 6.09. The van der Waals surface area contributed by atoms with Crippen molar-refractivity contribution in [2.24, 2.45) is 0 Å². The normalized spacial score (nSPS) is 14.0. The molecule has 1 unspecified atom stereocenters. The third-order valence-corrected chi connectivity index (χ3v) is 5.55. The second-order valence-corrected chi connectivity index (χ2v) is 7.76. The highest BCUT2D eigenvalue weighted by Gasteiger charge is 2.30. The second kappa shape index (κ2) is 11.4. The van der Waals surface area contributed by atoms with Gasteiger partial charge in [0.25, 0.3) is 0 Å². The third-order valence-electron chi connectivity index (χ3n) is 5.55. The van der Waals surface area contributed by atoms with Crippen LogP contribution in [0.4, 0.5) is 4.79 Å². The topological polar surface area (TPSA) is 134 Å². The van der Waals surface area contributed by atoms with Crippen molar-refractivity contribution in [3.05, 3.63) is 59.7 Å². The van der Waals surface area contributed by atoms with Gasteiger partial charge in [0.2, 0.25) is 5.91 Å². The molecular weight excluding hydrogens is 428 g/mol. The molecule has 0 heterocycles. The maximum absolute atomic E-state index is 12.5. The van der Waals surface area contributed by atoms with E-state index < -0.39 is 36.7 Å². The molecule has 9 heteroatoms. The van der Waals surface area contributed by atoms with Crippen molar-refractivity contribution in [1.82, 2.24) is 10.6 Å². The number of methoxy groups -OCH3 is 1. The summed E-state index contributed by atoms with van der Waals surface area (Å²) < 4.78 is 10.5. The van der Waals surface area contributed by atoms with Gasteiger partial charge in [0.15, 0.2) is 6.10 Å². The minimum Gasteiger partial charge on any atom is -0.479 e. The van der Waals surface area contributed by atoms with Gasteiger partial charge < -0.3 is 30.3 Å². The lowest BCUT2D eigenvalue weighted by Crippen LogP contribution is -2.49. The van der Waals surface area contributed by atoms with Gasteiger partial charge in [0, 0.05) is 19.6 Å². The molecule has 2 atom stereocenters. The molecule has 0 radical (unpaired) electrons. The van der Waals surface area contributed by atoms with E-state index in [1.807, 2.05) is 48.5 Å². The molecule has 0 saturated carbocycles. The molecule has 3 rings (SSSR count). The summed E-state index contributed by atoms with van der Waals surface area (Å²) in [6, 6.07) is 15.0. The number of benzene rings is 2. The van der Waals surface area contributed by atoms with E-state index in [0.29, 0.717) is 13.0 Å². The molecule has 0 aromatic heterocycles. The lowest BCUT2D eigenvalue weighted by molar-refractivity contribution is -0.146. The van der Waals surface area contributed by atoms with E-state index in [0.717, 1.165) is 22.3 Å². The predicted octanol–water partition coefficient (Wildman–Crippen LogP) is 1.88. The Bertz CT molecular complexity index is 949. The Hall–Kier alpha value is -3.43. The van der Waals surface area contributed by atoms with Crippen LogP contribution in [0.5, 0.6) is 0 Å². The summed E-state index contributed by atoms with van der Waals surface area (Å²) in [5, 5.41) is 23.0. The zero-order valence-electron chi connectivity index (χ0n) is 18.3. The molecule has 2 aromatic carbocycles. The highest BCUT2D eigenvalue weighted by molar-refractivity contribution is 5.86. The van der Waals surface area contributed by atoms with Gasteiger partial charge in [-0.1, -0.05) is 48.5 Å². The number of carboxylic acid groups (broad SMARTS) is 1. The highest BCUT2D eigenvalue weighted by atomic mass is 16.5. The summed E-state index contributed by atoms with van der Waals surface area (Å²) in [5.74, 6) is -2.18. The fourth-order valence-corrected chi connectivity index (χ4v) is 3.89. The largest absolute Gasteiger partial charge is 0.479 e. The molecule has 33 heavy (non-hydrogen) atoms. The zero-order valence-corrected chi connectivity index (χ0v) is 18.3. The van der Waals surface area contributed by atoms with E-state index in [-0.39, 0.29) is 18.9 Å². The minimum atomic E-state index is -1.73. The number of carbonyl (C=O) groups is 3. The van der Waals surface area contributed by atoms with E-state index in [1.54, 1.807) is 0 Å². The number of alkyl carbamates (subject to hydrolysis) is 1. The molecule has 176 valence electrons. The molecule has 2 amide bonds. The van der Waals surface area contributed by atoms with Crippen molar-refractivity contribution >= 4 is 18.0 Å².